The second-order valence-corrected chi connectivity index (χ2v) is 14.4. The van der Waals surface area contributed by atoms with Gasteiger partial charge < -0.3 is 8.98 Å². The lowest BCUT2D eigenvalue weighted by Gasteiger charge is -2.21. The van der Waals surface area contributed by atoms with Gasteiger partial charge in [-0.05, 0) is 76.9 Å². The summed E-state index contributed by atoms with van der Waals surface area (Å²) in [6.45, 7) is 4.67. The average Bonchev–Trinajstić information content (AvgIpc) is 3.83. The van der Waals surface area contributed by atoms with E-state index in [1.54, 1.807) is 0 Å². The van der Waals surface area contributed by atoms with E-state index in [2.05, 4.69) is 109 Å². The molecule has 0 fully saturated rings. The summed E-state index contributed by atoms with van der Waals surface area (Å²) in [7, 11) is 0. The first kappa shape index (κ1) is 29.8. The predicted molar refractivity (Wildman–Crippen MR) is 215 cm³/mol. The van der Waals surface area contributed by atoms with Gasteiger partial charge in [-0.1, -0.05) is 117 Å². The third-order valence-electron chi connectivity index (χ3n) is 11.1. The van der Waals surface area contributed by atoms with Crippen molar-refractivity contribution in [2.24, 2.45) is 0 Å². The van der Waals surface area contributed by atoms with Crippen LogP contribution >= 0.6 is 0 Å². The number of nitrogens with zero attached hydrogens (tertiary/aromatic N) is 4. The largest absolute Gasteiger partial charge is 0.456 e. The minimum atomic E-state index is -0.182. The van der Waals surface area contributed by atoms with Gasteiger partial charge in [0.05, 0.1) is 11.0 Å². The minimum Gasteiger partial charge on any atom is -0.456 e. The number of hydrogen-bond acceptors (Lipinski definition) is 4. The molecule has 1 aliphatic carbocycles. The number of hydrogen-bond donors (Lipinski definition) is 0. The third kappa shape index (κ3) is 4.40. The first-order valence-corrected chi connectivity index (χ1v) is 18.0. The van der Waals surface area contributed by atoms with Crippen LogP contribution in [-0.2, 0) is 5.41 Å². The van der Waals surface area contributed by atoms with E-state index in [-0.39, 0.29) is 5.41 Å². The van der Waals surface area contributed by atoms with Gasteiger partial charge in [0, 0.05) is 49.3 Å². The molecule has 250 valence electrons. The molecule has 53 heavy (non-hydrogen) atoms. The van der Waals surface area contributed by atoms with Crippen LogP contribution in [0.3, 0.4) is 0 Å². The quantitative estimate of drug-likeness (QED) is 0.186. The van der Waals surface area contributed by atoms with E-state index >= 15 is 0 Å². The monoisotopic (exact) mass is 680 g/mol. The highest BCUT2D eigenvalue weighted by Crippen LogP contribution is 2.54. The molecule has 0 saturated carbocycles. The Kier molecular flexibility index (Phi) is 6.23. The second kappa shape index (κ2) is 11.1. The van der Waals surface area contributed by atoms with Crippen LogP contribution in [0.2, 0.25) is 0 Å². The van der Waals surface area contributed by atoms with Crippen molar-refractivity contribution in [2.75, 3.05) is 0 Å². The Labute approximate surface area is 305 Å². The van der Waals surface area contributed by atoms with Crippen molar-refractivity contribution in [3.05, 3.63) is 169 Å². The highest BCUT2D eigenvalue weighted by molar-refractivity contribution is 6.19. The molecule has 0 bridgehead atoms. The van der Waals surface area contributed by atoms with E-state index in [4.69, 9.17) is 19.4 Å². The molecule has 0 saturated heterocycles. The fourth-order valence-electron chi connectivity index (χ4n) is 8.48. The molecule has 0 amide bonds. The van der Waals surface area contributed by atoms with Crippen molar-refractivity contribution >= 4 is 43.7 Å². The number of para-hydroxylation sites is 2. The predicted octanol–water partition coefficient (Wildman–Crippen LogP) is 12.2. The molecule has 0 unspecified atom stereocenters. The van der Waals surface area contributed by atoms with E-state index in [0.29, 0.717) is 17.5 Å². The molecule has 0 spiro atoms. The van der Waals surface area contributed by atoms with Crippen LogP contribution in [0.15, 0.2) is 162 Å². The van der Waals surface area contributed by atoms with Gasteiger partial charge >= 0.3 is 0 Å². The Morgan fingerprint density at radius 1 is 0.472 bits per heavy atom. The summed E-state index contributed by atoms with van der Waals surface area (Å²) in [5, 5.41) is 4.82. The van der Waals surface area contributed by atoms with Gasteiger partial charge in [-0.2, -0.15) is 0 Å². The lowest BCUT2D eigenvalue weighted by Crippen LogP contribution is -2.14. The van der Waals surface area contributed by atoms with Crippen molar-refractivity contribution < 1.29 is 4.42 Å². The summed E-state index contributed by atoms with van der Waals surface area (Å²) < 4.78 is 8.77. The number of fused-ring (bicyclic) bond motifs is 10. The molecule has 0 atom stereocenters. The van der Waals surface area contributed by atoms with Gasteiger partial charge in [-0.25, -0.2) is 15.0 Å². The standard InChI is InChI=1S/C48H32N4O/c1-48(2)37-25-26-40-44(43(37)36-27-35-33-17-10-12-20-41(33)53-42(35)28-38(36)48)34-18-9-11-19-39(34)52(40)32-23-21-31(22-24-32)47-50-45(29-13-5-3-6-14-29)49-46(51-47)30-15-7-4-8-16-30/h3-28H,1-2H3. The van der Waals surface area contributed by atoms with E-state index in [0.717, 1.165) is 44.3 Å². The van der Waals surface area contributed by atoms with Crippen LogP contribution < -0.4 is 0 Å². The van der Waals surface area contributed by atoms with Crippen molar-refractivity contribution in [3.8, 4) is 51.0 Å². The van der Waals surface area contributed by atoms with Crippen LogP contribution in [-0.4, -0.2) is 19.5 Å². The summed E-state index contributed by atoms with van der Waals surface area (Å²) >= 11 is 0. The summed E-state index contributed by atoms with van der Waals surface area (Å²) in [6.07, 6.45) is 0. The lowest BCUT2D eigenvalue weighted by molar-refractivity contribution is 0.647. The van der Waals surface area contributed by atoms with Crippen molar-refractivity contribution in [1.29, 1.82) is 0 Å². The van der Waals surface area contributed by atoms with E-state index in [1.807, 2.05) is 66.7 Å². The highest BCUT2D eigenvalue weighted by Gasteiger charge is 2.38. The zero-order chi connectivity index (χ0) is 35.3. The Bertz CT molecular complexity index is 3010. The molecule has 10 aromatic rings. The molecule has 3 aromatic heterocycles. The smallest absolute Gasteiger partial charge is 0.164 e. The second-order valence-electron chi connectivity index (χ2n) is 14.4. The minimum absolute atomic E-state index is 0.182. The number of rotatable bonds is 4. The molecule has 0 aliphatic heterocycles. The maximum atomic E-state index is 6.37. The zero-order valence-corrected chi connectivity index (χ0v) is 29.2. The summed E-state index contributed by atoms with van der Waals surface area (Å²) in [5.41, 5.74) is 13.2. The van der Waals surface area contributed by atoms with Crippen LogP contribution in [0.5, 0.6) is 0 Å². The summed E-state index contributed by atoms with van der Waals surface area (Å²) in [4.78, 5) is 14.8. The van der Waals surface area contributed by atoms with Crippen LogP contribution in [0.1, 0.15) is 25.0 Å². The van der Waals surface area contributed by atoms with Gasteiger partial charge in [0.2, 0.25) is 0 Å². The fraction of sp³-hybridized carbons (Fsp3) is 0.0625. The first-order valence-electron chi connectivity index (χ1n) is 18.0. The van der Waals surface area contributed by atoms with Crippen LogP contribution in [0.4, 0.5) is 0 Å². The Hall–Kier alpha value is -6.85. The van der Waals surface area contributed by atoms with E-state index in [1.165, 1.54) is 44.1 Å². The first-order chi connectivity index (χ1) is 26.0. The third-order valence-corrected chi connectivity index (χ3v) is 11.1. The van der Waals surface area contributed by atoms with Gasteiger partial charge in [0.1, 0.15) is 11.2 Å². The fourth-order valence-corrected chi connectivity index (χ4v) is 8.48. The molecule has 0 radical (unpaired) electrons. The normalized spacial score (nSPS) is 13.2. The molecular formula is C48H32N4O. The Balaban J connectivity index is 1.09. The number of aromatic nitrogens is 4. The van der Waals surface area contributed by atoms with Gasteiger partial charge in [0.25, 0.3) is 0 Å². The molecule has 5 heteroatoms. The average molecular weight is 681 g/mol. The molecule has 7 aromatic carbocycles. The van der Waals surface area contributed by atoms with Crippen molar-refractivity contribution in [2.45, 2.75) is 19.3 Å². The van der Waals surface area contributed by atoms with Crippen molar-refractivity contribution in [3.63, 3.8) is 0 Å². The molecule has 1 aliphatic rings. The van der Waals surface area contributed by atoms with E-state index in [9.17, 15) is 0 Å². The molecule has 11 rings (SSSR count). The highest BCUT2D eigenvalue weighted by atomic mass is 16.3. The molecule has 0 N–H and O–H groups in total. The topological polar surface area (TPSA) is 56.7 Å². The lowest BCUT2D eigenvalue weighted by atomic mass is 9.82. The molecule has 5 nitrogen and oxygen atoms in total. The maximum absolute atomic E-state index is 6.37. The number of benzene rings is 7. The van der Waals surface area contributed by atoms with Crippen LogP contribution in [0, 0.1) is 0 Å². The van der Waals surface area contributed by atoms with E-state index < -0.39 is 0 Å². The number of furan rings is 1. The maximum Gasteiger partial charge on any atom is 0.164 e. The summed E-state index contributed by atoms with van der Waals surface area (Å²) in [5.74, 6) is 1.94. The SMILES string of the molecule is CC1(C)c2cc3oc4ccccc4c3cc2-c2c1ccc1c2c2ccccc2n1-c1ccc(-c2nc(-c3ccccc3)nc(-c3ccccc3)n2)cc1. The molecule has 3 heterocycles. The van der Waals surface area contributed by atoms with Crippen LogP contribution in [0.25, 0.3) is 94.7 Å². The zero-order valence-electron chi connectivity index (χ0n) is 29.2. The van der Waals surface area contributed by atoms with Crippen molar-refractivity contribution in [1.82, 2.24) is 19.5 Å². The van der Waals surface area contributed by atoms with Gasteiger partial charge in [0.15, 0.2) is 17.5 Å². The van der Waals surface area contributed by atoms with Gasteiger partial charge in [-0.3, -0.25) is 0 Å². The Morgan fingerprint density at radius 2 is 1.06 bits per heavy atom. The Morgan fingerprint density at radius 3 is 1.74 bits per heavy atom. The van der Waals surface area contributed by atoms with Gasteiger partial charge in [-0.15, -0.1) is 0 Å². The summed E-state index contributed by atoms with van der Waals surface area (Å²) in [6, 6.07) is 55.2. The molecular weight excluding hydrogens is 649 g/mol.